The maximum atomic E-state index is 13.3. The quantitative estimate of drug-likeness (QED) is 0.692. The van der Waals surface area contributed by atoms with Crippen molar-refractivity contribution in [1.29, 1.82) is 0 Å². The van der Waals surface area contributed by atoms with E-state index in [0.717, 1.165) is 6.20 Å². The summed E-state index contributed by atoms with van der Waals surface area (Å²) in [7, 11) is 1.68. The first-order valence-corrected chi connectivity index (χ1v) is 4.30. The van der Waals surface area contributed by atoms with Crippen LogP contribution in [0.5, 0.6) is 0 Å². The zero-order valence-electron chi connectivity index (χ0n) is 8.01. The highest BCUT2D eigenvalue weighted by Gasteiger charge is 2.16. The van der Waals surface area contributed by atoms with E-state index in [9.17, 15) is 9.18 Å². The van der Waals surface area contributed by atoms with Gasteiger partial charge in [0.05, 0.1) is 24.3 Å². The van der Waals surface area contributed by atoms with Crippen molar-refractivity contribution in [2.45, 2.75) is 0 Å². The summed E-state index contributed by atoms with van der Waals surface area (Å²) >= 11 is 0. The van der Waals surface area contributed by atoms with Crippen molar-refractivity contribution in [3.8, 4) is 0 Å². The van der Waals surface area contributed by atoms with Gasteiger partial charge in [-0.2, -0.15) is 0 Å². The van der Waals surface area contributed by atoms with Crippen LogP contribution >= 0.6 is 0 Å². The van der Waals surface area contributed by atoms with Crippen LogP contribution in [-0.4, -0.2) is 20.3 Å². The molecule has 0 bridgehead atoms. The smallest absolute Gasteiger partial charge is 0.214 e. The molecular weight excluding hydrogens is 197 g/mol. The number of nitrogens with zero attached hydrogens (tertiary/aromatic N) is 3. The Hall–Kier alpha value is -2.04. The van der Waals surface area contributed by atoms with Crippen molar-refractivity contribution < 1.29 is 9.18 Å². The normalized spacial score (nSPS) is 10.3. The largest absolute Gasteiger partial charge is 0.331 e. The summed E-state index contributed by atoms with van der Waals surface area (Å²) in [6.07, 6.45) is 5.30. The van der Waals surface area contributed by atoms with E-state index < -0.39 is 11.6 Å². The number of rotatable bonds is 2. The van der Waals surface area contributed by atoms with Crippen LogP contribution in [0.4, 0.5) is 4.39 Å². The minimum Gasteiger partial charge on any atom is -0.331 e. The molecule has 2 aromatic heterocycles. The van der Waals surface area contributed by atoms with Gasteiger partial charge in [0.2, 0.25) is 5.78 Å². The molecule has 0 aliphatic heterocycles. The first-order valence-electron chi connectivity index (χ1n) is 4.30. The topological polar surface area (TPSA) is 47.8 Å². The van der Waals surface area contributed by atoms with Gasteiger partial charge in [-0.15, -0.1) is 0 Å². The molecule has 2 aromatic rings. The minimum absolute atomic E-state index is 0.00796. The van der Waals surface area contributed by atoms with Crippen LogP contribution in [-0.2, 0) is 7.05 Å². The lowest BCUT2D eigenvalue weighted by atomic mass is 10.1. The van der Waals surface area contributed by atoms with Crippen LogP contribution in [0.1, 0.15) is 16.1 Å². The fourth-order valence-corrected chi connectivity index (χ4v) is 1.27. The lowest BCUT2D eigenvalue weighted by Crippen LogP contribution is -2.08. The molecule has 0 aliphatic carbocycles. The third kappa shape index (κ3) is 1.63. The van der Waals surface area contributed by atoms with Crippen molar-refractivity contribution in [1.82, 2.24) is 14.5 Å². The van der Waals surface area contributed by atoms with E-state index >= 15 is 0 Å². The highest BCUT2D eigenvalue weighted by atomic mass is 19.1. The van der Waals surface area contributed by atoms with E-state index in [1.54, 1.807) is 11.6 Å². The van der Waals surface area contributed by atoms with Gasteiger partial charge in [-0.25, -0.2) is 9.37 Å². The second-order valence-electron chi connectivity index (χ2n) is 3.07. The summed E-state index contributed by atoms with van der Waals surface area (Å²) in [5.74, 6) is -1.02. The highest BCUT2D eigenvalue weighted by Crippen LogP contribution is 2.11. The number of halogens is 1. The molecule has 0 atom stereocenters. The molecular formula is C10H8FN3O. The van der Waals surface area contributed by atoms with Crippen molar-refractivity contribution in [2.24, 2.45) is 7.05 Å². The third-order valence-electron chi connectivity index (χ3n) is 2.07. The van der Waals surface area contributed by atoms with Gasteiger partial charge in [-0.3, -0.25) is 9.78 Å². The Bertz CT molecular complexity index is 507. The van der Waals surface area contributed by atoms with Crippen LogP contribution in [0.2, 0.25) is 0 Å². The van der Waals surface area contributed by atoms with Crippen molar-refractivity contribution in [2.75, 3.05) is 0 Å². The molecule has 5 heteroatoms. The van der Waals surface area contributed by atoms with Crippen LogP contribution in [0.15, 0.2) is 31.0 Å². The van der Waals surface area contributed by atoms with Gasteiger partial charge in [0, 0.05) is 13.2 Å². The maximum absolute atomic E-state index is 13.3. The van der Waals surface area contributed by atoms with E-state index in [4.69, 9.17) is 0 Å². The lowest BCUT2D eigenvalue weighted by Gasteiger charge is -2.01. The van der Waals surface area contributed by atoms with E-state index in [2.05, 4.69) is 9.97 Å². The summed E-state index contributed by atoms with van der Waals surface area (Å²) < 4.78 is 14.8. The van der Waals surface area contributed by atoms with Crippen LogP contribution in [0.3, 0.4) is 0 Å². The molecule has 15 heavy (non-hydrogen) atoms. The van der Waals surface area contributed by atoms with Gasteiger partial charge >= 0.3 is 0 Å². The molecule has 0 aliphatic rings. The zero-order chi connectivity index (χ0) is 10.8. The first kappa shape index (κ1) is 9.51. The predicted molar refractivity (Wildman–Crippen MR) is 50.8 cm³/mol. The number of carbonyl (C=O) groups is 1. The summed E-state index contributed by atoms with van der Waals surface area (Å²) in [6, 6.07) is 1.35. The fraction of sp³-hybridized carbons (Fsp3) is 0.100. The highest BCUT2D eigenvalue weighted by molar-refractivity contribution is 6.07. The number of ketones is 1. The van der Waals surface area contributed by atoms with Gasteiger partial charge < -0.3 is 4.57 Å². The Labute approximate surface area is 85.4 Å². The Morgan fingerprint density at radius 1 is 1.40 bits per heavy atom. The van der Waals surface area contributed by atoms with Gasteiger partial charge in [-0.05, 0) is 6.07 Å². The molecule has 0 saturated heterocycles. The average molecular weight is 205 g/mol. The van der Waals surface area contributed by atoms with E-state index in [1.807, 2.05) is 0 Å². The molecule has 2 rings (SSSR count). The molecule has 0 radical (unpaired) electrons. The van der Waals surface area contributed by atoms with Crippen molar-refractivity contribution >= 4 is 5.78 Å². The number of aromatic nitrogens is 3. The number of hydrogen-bond donors (Lipinski definition) is 0. The molecule has 0 aromatic carbocycles. The van der Waals surface area contributed by atoms with E-state index in [1.165, 1.54) is 24.8 Å². The van der Waals surface area contributed by atoms with Gasteiger partial charge in [0.1, 0.15) is 5.69 Å². The Morgan fingerprint density at radius 2 is 2.20 bits per heavy atom. The monoisotopic (exact) mass is 205 g/mol. The van der Waals surface area contributed by atoms with Crippen LogP contribution in [0.25, 0.3) is 0 Å². The Balaban J connectivity index is 2.46. The van der Waals surface area contributed by atoms with Gasteiger partial charge in [0.15, 0.2) is 5.82 Å². The maximum Gasteiger partial charge on any atom is 0.214 e. The zero-order valence-corrected chi connectivity index (χ0v) is 8.01. The Morgan fingerprint density at radius 3 is 2.80 bits per heavy atom. The van der Waals surface area contributed by atoms with Gasteiger partial charge in [0.25, 0.3) is 0 Å². The molecule has 76 valence electrons. The Kier molecular flexibility index (Phi) is 2.29. The molecule has 0 saturated carbocycles. The second kappa shape index (κ2) is 3.61. The molecule has 0 spiro atoms. The van der Waals surface area contributed by atoms with Gasteiger partial charge in [-0.1, -0.05) is 0 Å². The van der Waals surface area contributed by atoms with E-state index in [-0.39, 0.29) is 5.56 Å². The molecule has 0 fully saturated rings. The summed E-state index contributed by atoms with van der Waals surface area (Å²) in [4.78, 5) is 19.2. The number of pyridine rings is 1. The van der Waals surface area contributed by atoms with Crippen LogP contribution < -0.4 is 0 Å². The second-order valence-corrected chi connectivity index (χ2v) is 3.07. The number of imidazole rings is 1. The molecule has 0 unspecified atom stereocenters. The van der Waals surface area contributed by atoms with Crippen molar-refractivity contribution in [3.63, 3.8) is 0 Å². The fourth-order valence-electron chi connectivity index (χ4n) is 1.27. The first-order chi connectivity index (χ1) is 7.20. The summed E-state index contributed by atoms with van der Waals surface area (Å²) in [6.45, 7) is 0. The van der Waals surface area contributed by atoms with Crippen molar-refractivity contribution in [3.05, 3.63) is 48.1 Å². The van der Waals surface area contributed by atoms with Crippen LogP contribution in [0, 0.1) is 5.82 Å². The minimum atomic E-state index is -0.622. The molecule has 0 amide bonds. The summed E-state index contributed by atoms with van der Waals surface area (Å²) in [5.41, 5.74) is 0.355. The number of aryl methyl sites for hydroxylation is 1. The standard InChI is InChI=1S/C10H8FN3O/c1-14-6-13-5-9(14)10(15)7-2-3-12-4-8(7)11/h2-6H,1H3. The molecule has 0 N–H and O–H groups in total. The third-order valence-corrected chi connectivity index (χ3v) is 2.07. The SMILES string of the molecule is Cn1cncc1C(=O)c1ccncc1F. The van der Waals surface area contributed by atoms with E-state index in [0.29, 0.717) is 5.69 Å². The molecule has 4 nitrogen and oxygen atoms in total. The average Bonchev–Trinajstić information content (AvgIpc) is 2.64. The number of carbonyl (C=O) groups excluding carboxylic acids is 1. The predicted octanol–water partition coefficient (Wildman–Crippen LogP) is 1.19. The summed E-state index contributed by atoms with van der Waals surface area (Å²) in [5, 5.41) is 0. The molecule has 2 heterocycles. The number of hydrogen-bond acceptors (Lipinski definition) is 3. The lowest BCUT2D eigenvalue weighted by molar-refractivity contribution is 0.102.